The first-order valence-corrected chi connectivity index (χ1v) is 10.8. The number of nitrogens with zero attached hydrogens (tertiary/aromatic N) is 3. The second-order valence-corrected chi connectivity index (χ2v) is 8.27. The van der Waals surface area contributed by atoms with Crippen molar-refractivity contribution in [2.45, 2.75) is 44.7 Å². The lowest BCUT2D eigenvalue weighted by Crippen LogP contribution is -2.37. The third-order valence-electron chi connectivity index (χ3n) is 6.33. The fourth-order valence-corrected chi connectivity index (χ4v) is 4.69. The van der Waals surface area contributed by atoms with E-state index in [2.05, 4.69) is 33.0 Å². The number of likely N-dealkylation sites (tertiary alicyclic amines) is 2. The summed E-state index contributed by atoms with van der Waals surface area (Å²) < 4.78 is 5.37. The van der Waals surface area contributed by atoms with Gasteiger partial charge >= 0.3 is 0 Å². The molecule has 4 rings (SSSR count). The molecule has 0 unspecified atom stereocenters. The Bertz CT molecular complexity index is 803. The van der Waals surface area contributed by atoms with Gasteiger partial charge in [-0.2, -0.15) is 0 Å². The van der Waals surface area contributed by atoms with Crippen LogP contribution in [0.5, 0.6) is 5.75 Å². The van der Waals surface area contributed by atoms with E-state index < -0.39 is 0 Å². The highest BCUT2D eigenvalue weighted by atomic mass is 16.5. The van der Waals surface area contributed by atoms with Crippen molar-refractivity contribution in [3.63, 3.8) is 0 Å². The number of amides is 1. The summed E-state index contributed by atoms with van der Waals surface area (Å²) in [5, 5.41) is 0. The highest BCUT2D eigenvalue weighted by Crippen LogP contribution is 2.35. The van der Waals surface area contributed by atoms with Crippen molar-refractivity contribution in [1.29, 1.82) is 0 Å². The van der Waals surface area contributed by atoms with Gasteiger partial charge in [-0.1, -0.05) is 18.2 Å². The van der Waals surface area contributed by atoms with E-state index in [0.29, 0.717) is 18.2 Å². The molecule has 29 heavy (non-hydrogen) atoms. The molecule has 5 heteroatoms. The van der Waals surface area contributed by atoms with Crippen molar-refractivity contribution in [3.05, 3.63) is 59.9 Å². The molecule has 1 atom stereocenters. The van der Waals surface area contributed by atoms with E-state index >= 15 is 0 Å². The van der Waals surface area contributed by atoms with Gasteiger partial charge in [0.25, 0.3) is 0 Å². The van der Waals surface area contributed by atoms with E-state index in [4.69, 9.17) is 4.74 Å². The van der Waals surface area contributed by atoms with Gasteiger partial charge in [0.2, 0.25) is 5.91 Å². The number of pyridine rings is 1. The molecule has 3 heterocycles. The molecular formula is C24H31N3O2. The third kappa shape index (κ3) is 4.96. The van der Waals surface area contributed by atoms with Gasteiger partial charge in [-0.05, 0) is 74.5 Å². The fourth-order valence-electron chi connectivity index (χ4n) is 4.69. The summed E-state index contributed by atoms with van der Waals surface area (Å²) in [6.07, 6.45) is 6.84. The van der Waals surface area contributed by atoms with Gasteiger partial charge in [0.15, 0.2) is 0 Å². The van der Waals surface area contributed by atoms with E-state index in [1.165, 1.54) is 5.56 Å². The van der Waals surface area contributed by atoms with Crippen LogP contribution in [0.25, 0.3) is 0 Å². The number of piperidine rings is 1. The summed E-state index contributed by atoms with van der Waals surface area (Å²) in [6, 6.07) is 14.5. The maximum Gasteiger partial charge on any atom is 0.223 e. The van der Waals surface area contributed by atoms with Crippen molar-refractivity contribution in [1.82, 2.24) is 14.8 Å². The first-order chi connectivity index (χ1) is 14.2. The van der Waals surface area contributed by atoms with Crippen molar-refractivity contribution in [2.75, 3.05) is 26.7 Å². The Balaban J connectivity index is 1.30. The molecule has 5 nitrogen and oxygen atoms in total. The van der Waals surface area contributed by atoms with Crippen LogP contribution < -0.4 is 4.74 Å². The molecule has 1 aromatic heterocycles. The number of hydrogen-bond acceptors (Lipinski definition) is 4. The smallest absolute Gasteiger partial charge is 0.223 e. The molecule has 0 radical (unpaired) electrons. The molecule has 0 saturated carbocycles. The van der Waals surface area contributed by atoms with Crippen molar-refractivity contribution < 1.29 is 9.53 Å². The summed E-state index contributed by atoms with van der Waals surface area (Å²) in [5.74, 6) is 1.68. The standard InChI is InChI=1S/C24H31N3O2/c1-29-22-8-4-6-20(17-22)23-9-5-13-27(23)24(28)16-19-10-14-26(15-11-19)18-21-7-2-3-12-25-21/h2-4,6-8,12,17,19,23H,5,9-11,13-16,18H2,1H3/t23-/m1/s1. The molecule has 0 N–H and O–H groups in total. The maximum atomic E-state index is 13.1. The van der Waals surface area contributed by atoms with Crippen LogP contribution in [0.3, 0.4) is 0 Å². The van der Waals surface area contributed by atoms with Gasteiger partial charge < -0.3 is 9.64 Å². The zero-order chi connectivity index (χ0) is 20.1. The van der Waals surface area contributed by atoms with Crippen LogP contribution >= 0.6 is 0 Å². The summed E-state index contributed by atoms with van der Waals surface area (Å²) >= 11 is 0. The minimum atomic E-state index is 0.196. The number of carbonyl (C=O) groups is 1. The average Bonchev–Trinajstić information content (AvgIpc) is 3.26. The largest absolute Gasteiger partial charge is 0.497 e. The minimum absolute atomic E-state index is 0.196. The molecule has 1 amide bonds. The Morgan fingerprint density at radius 1 is 1.10 bits per heavy atom. The number of rotatable bonds is 6. The molecule has 1 aromatic carbocycles. The third-order valence-corrected chi connectivity index (χ3v) is 6.33. The quantitative estimate of drug-likeness (QED) is 0.743. The number of aromatic nitrogens is 1. The number of benzene rings is 1. The predicted octanol–water partition coefficient (Wildman–Crippen LogP) is 4.06. The van der Waals surface area contributed by atoms with Crippen LogP contribution in [0, 0.1) is 5.92 Å². The minimum Gasteiger partial charge on any atom is -0.497 e. The van der Waals surface area contributed by atoms with Gasteiger partial charge in [0.05, 0.1) is 18.8 Å². The average molecular weight is 394 g/mol. The van der Waals surface area contributed by atoms with Crippen molar-refractivity contribution in [2.24, 2.45) is 5.92 Å². The number of hydrogen-bond donors (Lipinski definition) is 0. The summed E-state index contributed by atoms with van der Waals surface area (Å²) in [4.78, 5) is 22.1. The second-order valence-electron chi connectivity index (χ2n) is 8.27. The lowest BCUT2D eigenvalue weighted by atomic mass is 9.92. The Kier molecular flexibility index (Phi) is 6.45. The SMILES string of the molecule is COc1cccc([C@H]2CCCN2C(=O)CC2CCN(Cc3ccccn3)CC2)c1. The van der Waals surface area contributed by atoms with Crippen LogP contribution in [0.2, 0.25) is 0 Å². The van der Waals surface area contributed by atoms with Crippen LogP contribution in [0.1, 0.15) is 49.4 Å². The summed E-state index contributed by atoms with van der Waals surface area (Å²) in [6.45, 7) is 3.88. The van der Waals surface area contributed by atoms with E-state index in [9.17, 15) is 4.79 Å². The fraction of sp³-hybridized carbons (Fsp3) is 0.500. The normalized spacial score (nSPS) is 20.7. The monoisotopic (exact) mass is 393 g/mol. The van der Waals surface area contributed by atoms with Gasteiger partial charge in [-0.3, -0.25) is 14.7 Å². The highest BCUT2D eigenvalue weighted by Gasteiger charge is 2.32. The van der Waals surface area contributed by atoms with Crippen molar-refractivity contribution in [3.8, 4) is 5.75 Å². The first kappa shape index (κ1) is 19.9. The van der Waals surface area contributed by atoms with Gasteiger partial charge in [0, 0.05) is 25.7 Å². The Morgan fingerprint density at radius 3 is 2.72 bits per heavy atom. The van der Waals surface area contributed by atoms with Gasteiger partial charge in [-0.25, -0.2) is 0 Å². The van der Waals surface area contributed by atoms with Crippen molar-refractivity contribution >= 4 is 5.91 Å². The van der Waals surface area contributed by atoms with Crippen LogP contribution in [-0.4, -0.2) is 47.4 Å². The molecule has 0 spiro atoms. The number of carbonyl (C=O) groups excluding carboxylic acids is 1. The Morgan fingerprint density at radius 2 is 1.97 bits per heavy atom. The summed E-state index contributed by atoms with van der Waals surface area (Å²) in [5.41, 5.74) is 2.32. The van der Waals surface area contributed by atoms with E-state index in [1.54, 1.807) is 7.11 Å². The van der Waals surface area contributed by atoms with Gasteiger partial charge in [0.1, 0.15) is 5.75 Å². The van der Waals surface area contributed by atoms with E-state index in [-0.39, 0.29) is 6.04 Å². The molecular weight excluding hydrogens is 362 g/mol. The lowest BCUT2D eigenvalue weighted by Gasteiger charge is -2.33. The number of methoxy groups -OCH3 is 1. The van der Waals surface area contributed by atoms with Gasteiger partial charge in [-0.15, -0.1) is 0 Å². The first-order valence-electron chi connectivity index (χ1n) is 10.8. The van der Waals surface area contributed by atoms with E-state index in [0.717, 1.165) is 63.3 Å². The Hall–Kier alpha value is -2.40. The second kappa shape index (κ2) is 9.40. The van der Waals surface area contributed by atoms with E-state index in [1.807, 2.05) is 30.5 Å². The highest BCUT2D eigenvalue weighted by molar-refractivity contribution is 5.77. The lowest BCUT2D eigenvalue weighted by molar-refractivity contribution is -0.133. The number of ether oxygens (including phenoxy) is 1. The van der Waals surface area contributed by atoms with Crippen LogP contribution in [-0.2, 0) is 11.3 Å². The summed E-state index contributed by atoms with van der Waals surface area (Å²) in [7, 11) is 1.69. The molecule has 2 aliphatic heterocycles. The Labute approximate surface area is 173 Å². The molecule has 2 fully saturated rings. The van der Waals surface area contributed by atoms with Crippen LogP contribution in [0.4, 0.5) is 0 Å². The topological polar surface area (TPSA) is 45.7 Å². The molecule has 154 valence electrons. The predicted molar refractivity (Wildman–Crippen MR) is 114 cm³/mol. The van der Waals surface area contributed by atoms with Crippen LogP contribution in [0.15, 0.2) is 48.7 Å². The molecule has 2 aliphatic rings. The zero-order valence-corrected chi connectivity index (χ0v) is 17.3. The zero-order valence-electron chi connectivity index (χ0n) is 17.3. The molecule has 2 saturated heterocycles. The molecule has 0 bridgehead atoms. The maximum absolute atomic E-state index is 13.1. The molecule has 2 aromatic rings. The molecule has 0 aliphatic carbocycles.